The minimum absolute atomic E-state index is 0.0536. The van der Waals surface area contributed by atoms with Gasteiger partial charge in [-0.05, 0) is 69.0 Å². The van der Waals surface area contributed by atoms with Crippen LogP contribution in [0.3, 0.4) is 0 Å². The second-order valence-corrected chi connectivity index (χ2v) is 18.8. The molecule has 0 aromatic carbocycles. The maximum atomic E-state index is 13.7. The number of likely N-dealkylation sites (tertiary alicyclic amines) is 1. The van der Waals surface area contributed by atoms with Gasteiger partial charge in [0, 0.05) is 13.0 Å². The second-order valence-electron chi connectivity index (χ2n) is 13.4. The van der Waals surface area contributed by atoms with Crippen molar-refractivity contribution < 1.29 is 33.1 Å². The average molecular weight is 597 g/mol. The number of rotatable bonds is 14. The van der Waals surface area contributed by atoms with Gasteiger partial charge in [0.1, 0.15) is 24.3 Å². The third kappa shape index (κ3) is 11.4. The Balaban J connectivity index is 2.83. The number of ether oxygens (including phenoxy) is 2. The number of esters is 2. The van der Waals surface area contributed by atoms with E-state index in [-0.39, 0.29) is 47.4 Å². The van der Waals surface area contributed by atoms with E-state index >= 15 is 0 Å². The highest BCUT2D eigenvalue weighted by molar-refractivity contribution is 6.78. The summed E-state index contributed by atoms with van der Waals surface area (Å²) in [7, 11) is -2.48. The first-order valence-electron chi connectivity index (χ1n) is 15.3. The van der Waals surface area contributed by atoms with Crippen LogP contribution in [0.1, 0.15) is 108 Å². The van der Waals surface area contributed by atoms with Gasteiger partial charge in [0.05, 0.1) is 0 Å². The highest BCUT2D eigenvalue weighted by Gasteiger charge is 2.49. The van der Waals surface area contributed by atoms with Gasteiger partial charge in [-0.2, -0.15) is 0 Å². The first-order chi connectivity index (χ1) is 18.9. The number of nitrogens with one attached hydrogen (secondary N) is 1. The van der Waals surface area contributed by atoms with Gasteiger partial charge in [0.25, 0.3) is 8.32 Å². The van der Waals surface area contributed by atoms with Crippen molar-refractivity contribution in [3.05, 3.63) is 12.2 Å². The highest BCUT2D eigenvalue weighted by atomic mass is 28.4. The molecule has 0 unspecified atom stereocenters. The van der Waals surface area contributed by atoms with Crippen molar-refractivity contribution in [1.82, 2.24) is 10.2 Å². The highest BCUT2D eigenvalue weighted by Crippen LogP contribution is 2.42. The lowest BCUT2D eigenvalue weighted by Gasteiger charge is -2.41. The lowest BCUT2D eigenvalue weighted by Crippen LogP contribution is -2.56. The van der Waals surface area contributed by atoms with Crippen LogP contribution in [0.5, 0.6) is 0 Å². The molecule has 10 heteroatoms. The summed E-state index contributed by atoms with van der Waals surface area (Å²) in [4.78, 5) is 53.2. The molecule has 0 radical (unpaired) electrons. The van der Waals surface area contributed by atoms with Crippen LogP contribution in [0.4, 0.5) is 4.79 Å². The van der Waals surface area contributed by atoms with E-state index in [1.807, 2.05) is 34.6 Å². The molecule has 0 aromatic rings. The quantitative estimate of drug-likeness (QED) is 0.138. The maximum absolute atomic E-state index is 13.7. The SMILES string of the molecule is CC(C)C[C@H](NC(=O)O[Si](C(C)C)(C(C)C)C(C)C)C(=O)N1CCC[C@H]1C(=O)OC/C=C/CCC(=O)OC(C)(C)C. The first kappa shape index (κ1) is 36.7. The molecule has 9 nitrogen and oxygen atoms in total. The third-order valence-corrected chi connectivity index (χ3v) is 13.5. The summed E-state index contributed by atoms with van der Waals surface area (Å²) in [6, 6.07) is -1.48. The largest absolute Gasteiger partial charge is 0.503 e. The van der Waals surface area contributed by atoms with E-state index in [0.717, 1.165) is 0 Å². The van der Waals surface area contributed by atoms with Crippen molar-refractivity contribution in [1.29, 1.82) is 0 Å². The van der Waals surface area contributed by atoms with Crippen molar-refractivity contribution in [2.24, 2.45) is 5.92 Å². The van der Waals surface area contributed by atoms with Gasteiger partial charge >= 0.3 is 18.0 Å². The average Bonchev–Trinajstić information content (AvgIpc) is 3.31. The van der Waals surface area contributed by atoms with E-state index in [1.54, 1.807) is 17.1 Å². The van der Waals surface area contributed by atoms with E-state index in [4.69, 9.17) is 13.9 Å². The minimum Gasteiger partial charge on any atom is -0.503 e. The number of hydrogen-bond donors (Lipinski definition) is 1. The van der Waals surface area contributed by atoms with E-state index in [2.05, 4.69) is 46.9 Å². The standard InChI is InChI=1S/C31H56N2O7Si/c1-21(2)20-25(32-30(37)40-41(22(3)4,23(5)6)24(7)8)28(35)33-18-15-16-26(33)29(36)38-19-14-12-13-17-27(34)39-31(9,10)11/h12,14,21-26H,13,15-20H2,1-11H3,(H,32,37)/b14-12+/t25-,26-/m0/s1. The van der Waals surface area contributed by atoms with Crippen LogP contribution in [-0.4, -0.2) is 68.0 Å². The summed E-state index contributed by atoms with van der Waals surface area (Å²) in [5.41, 5.74) is 0.137. The number of hydrogen-bond acceptors (Lipinski definition) is 7. The lowest BCUT2D eigenvalue weighted by molar-refractivity contribution is -0.154. The molecule has 1 N–H and O–H groups in total. The molecular formula is C31H56N2O7Si. The Kier molecular flexibility index (Phi) is 14.6. The predicted molar refractivity (Wildman–Crippen MR) is 164 cm³/mol. The molecule has 0 spiro atoms. The van der Waals surface area contributed by atoms with Gasteiger partial charge in [-0.1, -0.05) is 67.5 Å². The predicted octanol–water partition coefficient (Wildman–Crippen LogP) is 6.52. The summed E-state index contributed by atoms with van der Waals surface area (Å²) >= 11 is 0. The maximum Gasteiger partial charge on any atom is 0.394 e. The molecule has 0 bridgehead atoms. The third-order valence-electron chi connectivity index (χ3n) is 7.51. The molecule has 1 aliphatic rings. The summed E-state index contributed by atoms with van der Waals surface area (Å²) in [6.45, 7) is 22.6. The van der Waals surface area contributed by atoms with Crippen LogP contribution >= 0.6 is 0 Å². The molecule has 236 valence electrons. The molecule has 0 saturated carbocycles. The van der Waals surface area contributed by atoms with Crippen LogP contribution in [0.2, 0.25) is 16.6 Å². The van der Waals surface area contributed by atoms with Gasteiger partial charge in [-0.3, -0.25) is 9.59 Å². The van der Waals surface area contributed by atoms with Crippen LogP contribution in [0.25, 0.3) is 0 Å². The number of carbonyl (C=O) groups is 4. The smallest absolute Gasteiger partial charge is 0.394 e. The zero-order valence-electron chi connectivity index (χ0n) is 27.4. The molecule has 2 atom stereocenters. The minimum atomic E-state index is -2.48. The molecule has 2 amide bonds. The van der Waals surface area contributed by atoms with E-state index in [0.29, 0.717) is 32.2 Å². The fourth-order valence-electron chi connectivity index (χ4n) is 5.86. The topological polar surface area (TPSA) is 111 Å². The Morgan fingerprint density at radius 2 is 1.54 bits per heavy atom. The molecule has 0 aromatic heterocycles. The molecule has 1 fully saturated rings. The molecule has 1 rings (SSSR count). The molecular weight excluding hydrogens is 540 g/mol. The molecule has 0 aliphatic carbocycles. The number of allylic oxidation sites excluding steroid dienone is 1. The molecule has 1 saturated heterocycles. The van der Waals surface area contributed by atoms with Crippen molar-refractivity contribution in [3.63, 3.8) is 0 Å². The van der Waals surface area contributed by atoms with Crippen LogP contribution in [0, 0.1) is 5.92 Å². The fraction of sp³-hybridized carbons (Fsp3) is 0.806. The number of nitrogens with zero attached hydrogens (tertiary/aromatic N) is 1. The van der Waals surface area contributed by atoms with Gasteiger partial charge in [0.2, 0.25) is 5.91 Å². The molecule has 41 heavy (non-hydrogen) atoms. The monoisotopic (exact) mass is 596 g/mol. The summed E-state index contributed by atoms with van der Waals surface area (Å²) in [6.07, 6.45) is 5.26. The van der Waals surface area contributed by atoms with Gasteiger partial charge in [0.15, 0.2) is 0 Å². The van der Waals surface area contributed by atoms with Crippen molar-refractivity contribution >= 4 is 32.3 Å². The van der Waals surface area contributed by atoms with Crippen LogP contribution in [-0.2, 0) is 28.3 Å². The van der Waals surface area contributed by atoms with Crippen molar-refractivity contribution in [2.75, 3.05) is 13.2 Å². The molecule has 1 aliphatic heterocycles. The van der Waals surface area contributed by atoms with Crippen molar-refractivity contribution in [3.8, 4) is 0 Å². The summed E-state index contributed by atoms with van der Waals surface area (Å²) in [5.74, 6) is -0.887. The zero-order valence-corrected chi connectivity index (χ0v) is 28.4. The van der Waals surface area contributed by atoms with Gasteiger partial charge < -0.3 is 24.1 Å². The normalized spacial score (nSPS) is 17.0. The Morgan fingerprint density at radius 3 is 2.05 bits per heavy atom. The van der Waals surface area contributed by atoms with Gasteiger partial charge in [-0.15, -0.1) is 0 Å². The summed E-state index contributed by atoms with van der Waals surface area (Å²) < 4.78 is 17.0. The van der Waals surface area contributed by atoms with E-state index in [9.17, 15) is 19.2 Å². The summed E-state index contributed by atoms with van der Waals surface area (Å²) in [5, 5.41) is 2.88. The Labute approximate surface area is 249 Å². The van der Waals surface area contributed by atoms with E-state index in [1.165, 1.54) is 0 Å². The second kappa shape index (κ2) is 16.3. The van der Waals surface area contributed by atoms with Crippen LogP contribution in [0.15, 0.2) is 12.2 Å². The van der Waals surface area contributed by atoms with E-state index < -0.39 is 38.1 Å². The zero-order chi connectivity index (χ0) is 31.5. The molecule has 1 heterocycles. The lowest BCUT2D eigenvalue weighted by atomic mass is 10.0. The first-order valence-corrected chi connectivity index (χ1v) is 17.4. The fourth-order valence-corrected chi connectivity index (χ4v) is 10.9. The van der Waals surface area contributed by atoms with Crippen molar-refractivity contribution in [2.45, 2.75) is 143 Å². The number of amides is 2. The van der Waals surface area contributed by atoms with Gasteiger partial charge in [-0.25, -0.2) is 9.59 Å². The number of carbonyl (C=O) groups excluding carboxylic acids is 4. The Bertz CT molecular complexity index is 887. The van der Waals surface area contributed by atoms with Crippen LogP contribution < -0.4 is 5.32 Å². The Hall–Kier alpha value is -2.36. The Morgan fingerprint density at radius 1 is 0.951 bits per heavy atom.